The second-order valence-corrected chi connectivity index (χ2v) is 6.28. The SMILES string of the molecule is Cc1ccc(SCC(=O)Nc2nc(C)cs2)c(C)c1. The molecule has 0 radical (unpaired) electrons. The molecule has 19 heavy (non-hydrogen) atoms. The van der Waals surface area contributed by atoms with Crippen molar-refractivity contribution >= 4 is 34.1 Å². The lowest BCUT2D eigenvalue weighted by Gasteiger charge is -2.06. The van der Waals surface area contributed by atoms with E-state index in [-0.39, 0.29) is 5.91 Å². The fraction of sp³-hybridized carbons (Fsp3) is 0.286. The highest BCUT2D eigenvalue weighted by atomic mass is 32.2. The Labute approximate surface area is 121 Å². The molecule has 0 aliphatic carbocycles. The van der Waals surface area contributed by atoms with Crippen LogP contribution in [-0.4, -0.2) is 16.6 Å². The summed E-state index contributed by atoms with van der Waals surface area (Å²) >= 11 is 3.01. The summed E-state index contributed by atoms with van der Waals surface area (Å²) in [4.78, 5) is 17.2. The van der Waals surface area contributed by atoms with E-state index in [0.717, 1.165) is 10.6 Å². The van der Waals surface area contributed by atoms with Gasteiger partial charge in [0.2, 0.25) is 5.91 Å². The number of thioether (sulfide) groups is 1. The lowest BCUT2D eigenvalue weighted by atomic mass is 10.2. The molecule has 1 heterocycles. The third-order valence-electron chi connectivity index (χ3n) is 2.55. The summed E-state index contributed by atoms with van der Waals surface area (Å²) in [7, 11) is 0. The van der Waals surface area contributed by atoms with Crippen molar-refractivity contribution in [3.8, 4) is 0 Å². The van der Waals surface area contributed by atoms with Gasteiger partial charge in [0.25, 0.3) is 0 Å². The summed E-state index contributed by atoms with van der Waals surface area (Å²) in [5.74, 6) is 0.391. The Morgan fingerprint density at radius 3 is 2.79 bits per heavy atom. The normalized spacial score (nSPS) is 10.5. The van der Waals surface area contributed by atoms with Crippen LogP contribution in [-0.2, 0) is 4.79 Å². The van der Waals surface area contributed by atoms with Crippen LogP contribution in [0.15, 0.2) is 28.5 Å². The standard InChI is InChI=1S/C14H16N2OS2/c1-9-4-5-12(10(2)6-9)18-8-13(17)16-14-15-11(3)7-19-14/h4-7H,8H2,1-3H3,(H,15,16,17). The number of nitrogens with one attached hydrogen (secondary N) is 1. The minimum atomic E-state index is -0.0145. The minimum Gasteiger partial charge on any atom is -0.301 e. The highest BCUT2D eigenvalue weighted by Gasteiger charge is 2.07. The quantitative estimate of drug-likeness (QED) is 0.872. The number of nitrogens with zero attached hydrogens (tertiary/aromatic N) is 1. The van der Waals surface area contributed by atoms with Crippen molar-refractivity contribution < 1.29 is 4.79 Å². The zero-order valence-corrected chi connectivity index (χ0v) is 12.8. The van der Waals surface area contributed by atoms with Crippen molar-refractivity contribution in [1.82, 2.24) is 4.98 Å². The van der Waals surface area contributed by atoms with Gasteiger partial charge in [-0.15, -0.1) is 23.1 Å². The molecule has 1 aromatic carbocycles. The second-order valence-electron chi connectivity index (χ2n) is 4.40. The summed E-state index contributed by atoms with van der Waals surface area (Å²) in [6.07, 6.45) is 0. The highest BCUT2D eigenvalue weighted by molar-refractivity contribution is 8.00. The van der Waals surface area contributed by atoms with Crippen molar-refractivity contribution in [1.29, 1.82) is 0 Å². The van der Waals surface area contributed by atoms with Gasteiger partial charge in [-0.1, -0.05) is 17.7 Å². The van der Waals surface area contributed by atoms with Crippen LogP contribution in [0.1, 0.15) is 16.8 Å². The molecule has 2 rings (SSSR count). The molecule has 0 atom stereocenters. The largest absolute Gasteiger partial charge is 0.301 e. The summed E-state index contributed by atoms with van der Waals surface area (Å²) in [6.45, 7) is 6.05. The van der Waals surface area contributed by atoms with Gasteiger partial charge >= 0.3 is 0 Å². The van der Waals surface area contributed by atoms with Crippen molar-refractivity contribution in [3.05, 3.63) is 40.4 Å². The first-order valence-corrected chi connectivity index (χ1v) is 7.83. The van der Waals surface area contributed by atoms with Crippen molar-refractivity contribution in [2.24, 2.45) is 0 Å². The molecule has 1 amide bonds. The van der Waals surface area contributed by atoms with Gasteiger partial charge in [-0.25, -0.2) is 4.98 Å². The number of amides is 1. The summed E-state index contributed by atoms with van der Waals surface area (Å²) in [6, 6.07) is 6.26. The molecule has 0 unspecified atom stereocenters. The molecule has 0 spiro atoms. The smallest absolute Gasteiger partial charge is 0.236 e. The number of aryl methyl sites for hydroxylation is 3. The Kier molecular flexibility index (Phi) is 4.61. The number of rotatable bonds is 4. The Morgan fingerprint density at radius 2 is 2.16 bits per heavy atom. The maximum absolute atomic E-state index is 11.8. The van der Waals surface area contributed by atoms with E-state index in [1.807, 2.05) is 12.3 Å². The lowest BCUT2D eigenvalue weighted by molar-refractivity contribution is -0.113. The molecule has 0 saturated carbocycles. The molecule has 0 saturated heterocycles. The fourth-order valence-electron chi connectivity index (χ4n) is 1.67. The summed E-state index contributed by atoms with van der Waals surface area (Å²) in [5, 5.41) is 5.41. The zero-order chi connectivity index (χ0) is 13.8. The summed E-state index contributed by atoms with van der Waals surface area (Å²) in [5.41, 5.74) is 3.38. The maximum atomic E-state index is 11.8. The van der Waals surface area contributed by atoms with E-state index in [0.29, 0.717) is 10.9 Å². The first-order valence-electron chi connectivity index (χ1n) is 5.96. The number of benzene rings is 1. The topological polar surface area (TPSA) is 42.0 Å². The molecule has 2 aromatic rings. The number of carbonyl (C=O) groups is 1. The zero-order valence-electron chi connectivity index (χ0n) is 11.2. The first-order chi connectivity index (χ1) is 9.04. The van der Waals surface area contributed by atoms with E-state index >= 15 is 0 Å². The third-order valence-corrected chi connectivity index (χ3v) is 4.61. The van der Waals surface area contributed by atoms with Gasteiger partial charge in [-0.05, 0) is 32.4 Å². The van der Waals surface area contributed by atoms with Gasteiger partial charge in [0.05, 0.1) is 11.4 Å². The van der Waals surface area contributed by atoms with Crippen molar-refractivity contribution in [2.75, 3.05) is 11.1 Å². The predicted octanol–water partition coefficient (Wildman–Crippen LogP) is 3.80. The van der Waals surface area contributed by atoms with Crippen LogP contribution >= 0.6 is 23.1 Å². The van der Waals surface area contributed by atoms with E-state index in [1.165, 1.54) is 22.5 Å². The Bertz CT molecular complexity index is 593. The van der Waals surface area contributed by atoms with E-state index in [9.17, 15) is 4.79 Å². The van der Waals surface area contributed by atoms with E-state index < -0.39 is 0 Å². The Hall–Kier alpha value is -1.33. The first kappa shape index (κ1) is 14.1. The van der Waals surface area contributed by atoms with E-state index in [1.54, 1.807) is 11.8 Å². The van der Waals surface area contributed by atoms with Crippen LogP contribution in [0.25, 0.3) is 0 Å². The second kappa shape index (κ2) is 6.21. The van der Waals surface area contributed by atoms with Gasteiger partial charge in [0.15, 0.2) is 5.13 Å². The molecule has 100 valence electrons. The average molecular weight is 292 g/mol. The third kappa shape index (κ3) is 4.08. The number of aromatic nitrogens is 1. The summed E-state index contributed by atoms with van der Waals surface area (Å²) < 4.78 is 0. The molecule has 0 aliphatic heterocycles. The van der Waals surface area contributed by atoms with Gasteiger partial charge in [0.1, 0.15) is 0 Å². The molecule has 3 nitrogen and oxygen atoms in total. The van der Waals surface area contributed by atoms with Crippen molar-refractivity contribution in [2.45, 2.75) is 25.7 Å². The van der Waals surface area contributed by atoms with Gasteiger partial charge in [-0.3, -0.25) is 4.79 Å². The van der Waals surface area contributed by atoms with Crippen LogP contribution in [0.5, 0.6) is 0 Å². The average Bonchev–Trinajstić information content (AvgIpc) is 2.73. The number of thiazole rings is 1. The monoisotopic (exact) mass is 292 g/mol. The van der Waals surface area contributed by atoms with Crippen LogP contribution in [0.4, 0.5) is 5.13 Å². The highest BCUT2D eigenvalue weighted by Crippen LogP contribution is 2.23. The molecular weight excluding hydrogens is 276 g/mol. The Balaban J connectivity index is 1.89. The lowest BCUT2D eigenvalue weighted by Crippen LogP contribution is -2.13. The van der Waals surface area contributed by atoms with Gasteiger partial charge in [-0.2, -0.15) is 0 Å². The Morgan fingerprint density at radius 1 is 1.37 bits per heavy atom. The molecule has 0 fully saturated rings. The molecule has 0 bridgehead atoms. The minimum absolute atomic E-state index is 0.0145. The van der Waals surface area contributed by atoms with Crippen molar-refractivity contribution in [3.63, 3.8) is 0 Å². The molecule has 0 aliphatic rings. The predicted molar refractivity (Wildman–Crippen MR) is 82.1 cm³/mol. The number of hydrogen-bond acceptors (Lipinski definition) is 4. The number of hydrogen-bond donors (Lipinski definition) is 1. The maximum Gasteiger partial charge on any atom is 0.236 e. The van der Waals surface area contributed by atoms with E-state index in [4.69, 9.17) is 0 Å². The number of anilines is 1. The van der Waals surface area contributed by atoms with Gasteiger partial charge in [0, 0.05) is 10.3 Å². The molecule has 1 aromatic heterocycles. The molecular formula is C14H16N2OS2. The molecule has 1 N–H and O–H groups in total. The fourth-order valence-corrected chi connectivity index (χ4v) is 3.19. The molecule has 5 heteroatoms. The van der Waals surface area contributed by atoms with Crippen LogP contribution in [0.2, 0.25) is 0 Å². The van der Waals surface area contributed by atoms with E-state index in [2.05, 4.69) is 42.3 Å². The number of carbonyl (C=O) groups excluding carboxylic acids is 1. The van der Waals surface area contributed by atoms with Crippen LogP contribution in [0.3, 0.4) is 0 Å². The van der Waals surface area contributed by atoms with Crippen LogP contribution in [0, 0.1) is 20.8 Å². The van der Waals surface area contributed by atoms with Gasteiger partial charge < -0.3 is 5.32 Å². The van der Waals surface area contributed by atoms with Crippen LogP contribution < -0.4 is 5.32 Å².